The van der Waals surface area contributed by atoms with Crippen LogP contribution in [0.15, 0.2) is 24.3 Å². The monoisotopic (exact) mass is 416 g/mol. The van der Waals surface area contributed by atoms with E-state index < -0.39 is 23.5 Å². The van der Waals surface area contributed by atoms with Crippen LogP contribution in [0.5, 0.6) is 0 Å². The average Bonchev–Trinajstić information content (AvgIpc) is 2.95. The molecule has 3 rings (SSSR count). The second kappa shape index (κ2) is 9.04. The summed E-state index contributed by atoms with van der Waals surface area (Å²) < 4.78 is 5.37. The summed E-state index contributed by atoms with van der Waals surface area (Å²) in [5.74, 6) is -0.328. The van der Waals surface area contributed by atoms with Crippen molar-refractivity contribution in [3.8, 4) is 0 Å². The first-order valence-corrected chi connectivity index (χ1v) is 10.6. The van der Waals surface area contributed by atoms with Crippen LogP contribution in [-0.4, -0.2) is 60.6 Å². The average molecular weight is 417 g/mol. The number of ether oxygens (including phenoxy) is 1. The van der Waals surface area contributed by atoms with Crippen LogP contribution >= 0.6 is 0 Å². The molecule has 0 unspecified atom stereocenters. The van der Waals surface area contributed by atoms with Gasteiger partial charge in [0.1, 0.15) is 11.6 Å². The van der Waals surface area contributed by atoms with Crippen molar-refractivity contribution in [1.82, 2.24) is 10.2 Å². The molecule has 0 spiro atoms. The number of anilines is 2. The van der Waals surface area contributed by atoms with Crippen LogP contribution < -0.4 is 15.5 Å². The highest BCUT2D eigenvalue weighted by Crippen LogP contribution is 2.27. The molecule has 2 saturated heterocycles. The van der Waals surface area contributed by atoms with Crippen LogP contribution in [0, 0.1) is 5.92 Å². The summed E-state index contributed by atoms with van der Waals surface area (Å²) >= 11 is 0. The number of nitrogens with zero attached hydrogens (tertiary/aromatic N) is 2. The summed E-state index contributed by atoms with van der Waals surface area (Å²) in [6.07, 6.45) is 1.36. The molecule has 2 fully saturated rings. The number of imide groups is 1. The molecule has 1 aromatic carbocycles. The number of morpholine rings is 1. The Morgan fingerprint density at radius 2 is 1.80 bits per heavy atom. The molecule has 0 aliphatic carbocycles. The van der Waals surface area contributed by atoms with Crippen molar-refractivity contribution in [3.63, 3.8) is 0 Å². The van der Waals surface area contributed by atoms with Crippen LogP contribution in [0.1, 0.15) is 40.5 Å². The number of hydrogen-bond donors (Lipinski definition) is 2. The minimum absolute atomic E-state index is 0.349. The lowest BCUT2D eigenvalue weighted by atomic mass is 9.92. The number of carbonyl (C=O) groups is 3. The summed E-state index contributed by atoms with van der Waals surface area (Å²) in [5.41, 5.74) is 0.730. The van der Waals surface area contributed by atoms with Crippen LogP contribution in [0.4, 0.5) is 16.2 Å². The Morgan fingerprint density at radius 1 is 1.17 bits per heavy atom. The minimum atomic E-state index is -0.963. The Bertz CT molecular complexity index is 789. The van der Waals surface area contributed by atoms with Gasteiger partial charge in [-0.1, -0.05) is 13.8 Å². The van der Waals surface area contributed by atoms with E-state index in [1.165, 1.54) is 0 Å². The molecule has 8 nitrogen and oxygen atoms in total. The minimum Gasteiger partial charge on any atom is -0.378 e. The smallest absolute Gasteiger partial charge is 0.325 e. The van der Waals surface area contributed by atoms with E-state index in [0.29, 0.717) is 31.2 Å². The number of hydrogen-bond acceptors (Lipinski definition) is 5. The number of nitrogens with one attached hydrogen (secondary N) is 2. The lowest BCUT2D eigenvalue weighted by molar-refractivity contribution is -0.136. The van der Waals surface area contributed by atoms with Gasteiger partial charge in [0.15, 0.2) is 0 Å². The Hall–Kier alpha value is -2.61. The molecule has 1 aromatic rings. The fourth-order valence-corrected chi connectivity index (χ4v) is 3.75. The number of amides is 4. The quantitative estimate of drug-likeness (QED) is 0.667. The summed E-state index contributed by atoms with van der Waals surface area (Å²) in [6, 6.07) is 6.13. The first-order valence-electron chi connectivity index (χ1n) is 10.6. The van der Waals surface area contributed by atoms with Crippen molar-refractivity contribution < 1.29 is 19.1 Å². The highest BCUT2D eigenvalue weighted by atomic mass is 16.5. The predicted octanol–water partition coefficient (Wildman–Crippen LogP) is 2.60. The molecule has 0 radical (unpaired) electrons. The molecular weight excluding hydrogens is 384 g/mol. The van der Waals surface area contributed by atoms with Crippen molar-refractivity contribution in [2.24, 2.45) is 5.92 Å². The first kappa shape index (κ1) is 22.1. The van der Waals surface area contributed by atoms with E-state index in [9.17, 15) is 14.4 Å². The Balaban J connectivity index is 1.62. The zero-order valence-electron chi connectivity index (χ0n) is 18.2. The van der Waals surface area contributed by atoms with Gasteiger partial charge in [0.05, 0.1) is 13.2 Å². The molecule has 2 aliphatic heterocycles. The fourth-order valence-electron chi connectivity index (χ4n) is 3.75. The first-order chi connectivity index (χ1) is 14.2. The summed E-state index contributed by atoms with van der Waals surface area (Å²) in [6.45, 7) is 10.5. The molecule has 8 heteroatoms. The van der Waals surface area contributed by atoms with Gasteiger partial charge in [-0.15, -0.1) is 0 Å². The fraction of sp³-hybridized carbons (Fsp3) is 0.591. The van der Waals surface area contributed by atoms with Crippen LogP contribution in [-0.2, 0) is 14.3 Å². The van der Waals surface area contributed by atoms with Gasteiger partial charge in [-0.25, -0.2) is 9.69 Å². The van der Waals surface area contributed by atoms with Gasteiger partial charge in [-0.3, -0.25) is 9.59 Å². The van der Waals surface area contributed by atoms with Crippen molar-refractivity contribution in [3.05, 3.63) is 24.3 Å². The van der Waals surface area contributed by atoms with E-state index in [0.717, 1.165) is 30.1 Å². The van der Waals surface area contributed by atoms with Gasteiger partial charge in [0, 0.05) is 24.5 Å². The normalized spacial score (nSPS) is 23.0. The SMILES string of the molecule is CC(C)CC[C@]1(C)NC(=O)N([C@@H](C)C(=O)Nc2ccc(N3CCOCC3)cc2)C1=O. The third-order valence-electron chi connectivity index (χ3n) is 5.79. The van der Waals surface area contributed by atoms with Gasteiger partial charge < -0.3 is 20.3 Å². The van der Waals surface area contributed by atoms with Crippen molar-refractivity contribution in [2.45, 2.75) is 52.1 Å². The Kier molecular flexibility index (Phi) is 6.65. The molecule has 2 N–H and O–H groups in total. The Morgan fingerprint density at radius 3 is 2.40 bits per heavy atom. The molecule has 2 heterocycles. The summed E-state index contributed by atoms with van der Waals surface area (Å²) in [5, 5.41) is 5.58. The third kappa shape index (κ3) is 4.75. The molecule has 2 aliphatic rings. The van der Waals surface area contributed by atoms with Crippen molar-refractivity contribution >= 4 is 29.2 Å². The molecule has 0 saturated carbocycles. The Labute approximate surface area is 177 Å². The number of rotatable bonds is 7. The third-order valence-corrected chi connectivity index (χ3v) is 5.79. The van der Waals surface area contributed by atoms with Crippen molar-refractivity contribution in [1.29, 1.82) is 0 Å². The van der Waals surface area contributed by atoms with Gasteiger partial charge in [-0.05, 0) is 56.9 Å². The molecule has 4 amide bonds. The number of carbonyl (C=O) groups excluding carboxylic acids is 3. The highest BCUT2D eigenvalue weighted by Gasteiger charge is 2.50. The van der Waals surface area contributed by atoms with E-state index in [2.05, 4.69) is 29.4 Å². The van der Waals surface area contributed by atoms with Gasteiger partial charge in [-0.2, -0.15) is 0 Å². The second-order valence-corrected chi connectivity index (χ2v) is 8.68. The van der Waals surface area contributed by atoms with Gasteiger partial charge in [0.2, 0.25) is 5.91 Å². The number of urea groups is 1. The summed E-state index contributed by atoms with van der Waals surface area (Å²) in [7, 11) is 0. The molecule has 164 valence electrons. The van der Waals surface area contributed by atoms with Gasteiger partial charge >= 0.3 is 6.03 Å². The van der Waals surface area contributed by atoms with Crippen molar-refractivity contribution in [2.75, 3.05) is 36.5 Å². The molecule has 0 aromatic heterocycles. The maximum absolute atomic E-state index is 12.9. The predicted molar refractivity (Wildman–Crippen MR) is 115 cm³/mol. The maximum Gasteiger partial charge on any atom is 0.325 e. The van der Waals surface area contributed by atoms with Crippen LogP contribution in [0.25, 0.3) is 0 Å². The maximum atomic E-state index is 12.9. The van der Waals surface area contributed by atoms with E-state index >= 15 is 0 Å². The van der Waals surface area contributed by atoms with Crippen LogP contribution in [0.2, 0.25) is 0 Å². The molecular formula is C22H32N4O4. The zero-order valence-corrected chi connectivity index (χ0v) is 18.2. The summed E-state index contributed by atoms with van der Waals surface area (Å²) in [4.78, 5) is 41.4. The van der Waals surface area contributed by atoms with E-state index in [-0.39, 0.29) is 5.91 Å². The lowest BCUT2D eigenvalue weighted by Crippen LogP contribution is -2.48. The van der Waals surface area contributed by atoms with Gasteiger partial charge in [0.25, 0.3) is 5.91 Å². The van der Waals surface area contributed by atoms with E-state index in [1.807, 2.05) is 24.3 Å². The van der Waals surface area contributed by atoms with Crippen LogP contribution in [0.3, 0.4) is 0 Å². The second-order valence-electron chi connectivity index (χ2n) is 8.68. The zero-order chi connectivity index (χ0) is 21.9. The molecule has 30 heavy (non-hydrogen) atoms. The highest BCUT2D eigenvalue weighted by molar-refractivity contribution is 6.11. The molecule has 0 bridgehead atoms. The van der Waals surface area contributed by atoms with E-state index in [4.69, 9.17) is 4.74 Å². The standard InChI is InChI=1S/C22H32N4O4/c1-15(2)9-10-22(4)20(28)26(21(29)24-22)16(3)19(27)23-17-5-7-18(8-6-17)25-11-13-30-14-12-25/h5-8,15-16H,9-14H2,1-4H3,(H,23,27)(H,24,29)/t16-,22-/m0/s1. The topological polar surface area (TPSA) is 91.0 Å². The lowest BCUT2D eigenvalue weighted by Gasteiger charge is -2.29. The number of benzene rings is 1. The van der Waals surface area contributed by atoms with E-state index in [1.54, 1.807) is 13.8 Å². The largest absolute Gasteiger partial charge is 0.378 e. The molecule has 2 atom stereocenters.